The third kappa shape index (κ3) is 9.88. The largest absolute Gasteiger partial charge is 0.480 e. The Kier molecular flexibility index (Phi) is 13.7. The van der Waals surface area contributed by atoms with Crippen molar-refractivity contribution in [2.45, 2.75) is 83.5 Å². The maximum atomic E-state index is 12.9. The summed E-state index contributed by atoms with van der Waals surface area (Å²) >= 11 is 0. The van der Waals surface area contributed by atoms with Crippen LogP contribution in [-0.4, -0.2) is 106 Å². The predicted molar refractivity (Wildman–Crippen MR) is 144 cm³/mol. The fourth-order valence-electron chi connectivity index (χ4n) is 4.47. The molecule has 14 nitrogen and oxygen atoms in total. The van der Waals surface area contributed by atoms with Crippen molar-refractivity contribution in [3.63, 3.8) is 0 Å². The zero-order valence-corrected chi connectivity index (χ0v) is 23.4. The Hall–Kier alpha value is -2.70. The Morgan fingerprint density at radius 1 is 1.03 bits per heavy atom. The molecule has 0 bridgehead atoms. The van der Waals surface area contributed by atoms with Crippen LogP contribution >= 0.6 is 7.29 Å². The lowest BCUT2D eigenvalue weighted by Gasteiger charge is -2.32. The topological polar surface area (TPSA) is 235 Å². The second-order valence-corrected chi connectivity index (χ2v) is 12.8. The van der Waals surface area contributed by atoms with E-state index in [0.717, 1.165) is 0 Å². The molecule has 0 aromatic carbocycles. The second kappa shape index (κ2) is 15.6. The van der Waals surface area contributed by atoms with Gasteiger partial charge in [0.25, 0.3) is 0 Å². The van der Waals surface area contributed by atoms with Crippen LogP contribution in [0.4, 0.5) is 0 Å². The first-order valence-electron chi connectivity index (χ1n) is 13.0. The van der Waals surface area contributed by atoms with Gasteiger partial charge < -0.3 is 41.8 Å². The average Bonchev–Trinajstić information content (AvgIpc) is 3.56. The number of carboxylic acid groups (broad SMARTS) is 2. The van der Waals surface area contributed by atoms with E-state index >= 15 is 0 Å². The van der Waals surface area contributed by atoms with E-state index in [1.54, 1.807) is 6.92 Å². The normalized spacial score (nSPS) is 20.7. The molecule has 2 aliphatic rings. The second-order valence-electron chi connectivity index (χ2n) is 9.48. The molecule has 0 aliphatic carbocycles. The highest BCUT2D eigenvalue weighted by Gasteiger charge is 2.43. The molecule has 0 unspecified atom stereocenters. The van der Waals surface area contributed by atoms with Crippen molar-refractivity contribution >= 4 is 37.0 Å². The minimum absolute atomic E-state index is 0.0129. The number of carbonyl (C=O) groups excluding carboxylic acids is 2. The molecule has 4 atom stereocenters. The smallest absolute Gasteiger partial charge is 0.326 e. The van der Waals surface area contributed by atoms with E-state index in [-0.39, 0.29) is 17.8 Å². The first kappa shape index (κ1) is 33.3. The van der Waals surface area contributed by atoms with Gasteiger partial charge in [-0.05, 0) is 45.4 Å². The summed E-state index contributed by atoms with van der Waals surface area (Å²) in [6, 6.07) is -2.87. The number of nitrogens with one attached hydrogen (secondary N) is 1. The monoisotopic (exact) mass is 561 g/mol. The molecule has 2 heterocycles. The number of aliphatic carboxylic acids is 2. The molecular weight excluding hydrogens is 517 g/mol. The van der Waals surface area contributed by atoms with E-state index in [1.165, 1.54) is 9.80 Å². The number of carbonyl (C=O) groups is 4. The molecular formula is C23H44N7O7P. The van der Waals surface area contributed by atoms with E-state index in [2.05, 4.69) is 10.1 Å². The third-order valence-electron chi connectivity index (χ3n) is 6.75. The van der Waals surface area contributed by atoms with Gasteiger partial charge in [0, 0.05) is 32.0 Å². The first-order valence-corrected chi connectivity index (χ1v) is 15.1. The lowest BCUT2D eigenvalue weighted by molar-refractivity contribution is -0.152. The zero-order chi connectivity index (χ0) is 29.0. The molecule has 38 heavy (non-hydrogen) atoms. The highest BCUT2D eigenvalue weighted by atomic mass is 31.2. The van der Waals surface area contributed by atoms with E-state index in [0.29, 0.717) is 70.5 Å². The molecule has 0 saturated carbocycles. The number of amides is 2. The number of aliphatic imine (C=N–C) groups is 1. The van der Waals surface area contributed by atoms with Crippen molar-refractivity contribution in [1.29, 1.82) is 0 Å². The van der Waals surface area contributed by atoms with E-state index in [4.69, 9.17) is 22.3 Å². The summed E-state index contributed by atoms with van der Waals surface area (Å²) < 4.78 is 12.6. The van der Waals surface area contributed by atoms with Crippen LogP contribution in [0, 0.1) is 0 Å². The highest BCUT2D eigenvalue weighted by molar-refractivity contribution is 7.61. The molecule has 0 spiro atoms. The number of nitrogens with two attached hydrogens (primary N) is 3. The number of rotatable bonds is 12. The number of likely N-dealkylation sites (tertiary alicyclic amines) is 2. The van der Waals surface area contributed by atoms with Gasteiger partial charge in [0.1, 0.15) is 25.4 Å². The van der Waals surface area contributed by atoms with Gasteiger partial charge >= 0.3 is 11.9 Å². The molecule has 2 rings (SSSR count). The third-order valence-corrected chi connectivity index (χ3v) is 9.65. The Balaban J connectivity index is 0.000000508. The summed E-state index contributed by atoms with van der Waals surface area (Å²) in [7, 11) is -2.59. The Morgan fingerprint density at radius 3 is 2.08 bits per heavy atom. The fraction of sp³-hybridized carbons (Fsp3) is 0.783. The van der Waals surface area contributed by atoms with Crippen LogP contribution in [0.3, 0.4) is 0 Å². The van der Waals surface area contributed by atoms with Gasteiger partial charge in [-0.15, -0.1) is 0 Å². The van der Waals surface area contributed by atoms with Gasteiger partial charge in [0.2, 0.25) is 11.8 Å². The molecule has 0 radical (unpaired) electrons. The lowest BCUT2D eigenvalue weighted by atomic mass is 10.1. The summed E-state index contributed by atoms with van der Waals surface area (Å²) in [5, 5.41) is 20.7. The van der Waals surface area contributed by atoms with Crippen LogP contribution in [0.2, 0.25) is 0 Å². The van der Waals surface area contributed by atoms with Crippen LogP contribution in [0.15, 0.2) is 4.99 Å². The molecule has 2 aliphatic heterocycles. The van der Waals surface area contributed by atoms with Crippen LogP contribution in [0.25, 0.3) is 0 Å². The van der Waals surface area contributed by atoms with Crippen molar-refractivity contribution in [2.75, 3.05) is 32.0 Å². The predicted octanol–water partition coefficient (Wildman–Crippen LogP) is -0.199. The van der Waals surface area contributed by atoms with E-state index < -0.39 is 43.4 Å². The average molecular weight is 562 g/mol. The molecule has 9 N–H and O–H groups in total. The molecule has 218 valence electrons. The minimum atomic E-state index is -2.59. The zero-order valence-electron chi connectivity index (χ0n) is 22.5. The molecule has 2 saturated heterocycles. The van der Waals surface area contributed by atoms with Gasteiger partial charge in [-0.2, -0.15) is 0 Å². The number of carboxylic acids is 2. The SMILES string of the molecule is CCP(=O)(CC)N[C@@H](C)C(=O)N1CCC[C@H]1C(=O)N1CCC[C@H]1C(=O)O.NC(N)=NCCC[C@H](N)C(=O)O. The number of nitrogens with zero attached hydrogens (tertiary/aromatic N) is 3. The van der Waals surface area contributed by atoms with E-state index in [1.807, 2.05) is 13.8 Å². The molecule has 0 aromatic heterocycles. The standard InChI is InChI=1S/C17H30N3O5P.C6H14N4O2/c1-4-26(25,5-2)18-12(3)15(21)19-10-6-8-13(19)16(22)20-11-7-9-14(20)17(23)24;7-4(5(11)12)2-1-3-10-6(8)9/h12-14H,4-11H2,1-3H3,(H,18,25)(H,23,24);4H,1-3,7H2,(H,11,12)(H4,8,9,10)/t12-,13-,14-;4-/m00/s1. The summed E-state index contributed by atoms with van der Waals surface area (Å²) in [6.07, 6.45) is 4.26. The van der Waals surface area contributed by atoms with Crippen molar-refractivity contribution in [3.05, 3.63) is 0 Å². The van der Waals surface area contributed by atoms with Gasteiger partial charge in [0.15, 0.2) is 5.96 Å². The molecule has 15 heteroatoms. The van der Waals surface area contributed by atoms with Crippen LogP contribution in [-0.2, 0) is 23.7 Å². The maximum absolute atomic E-state index is 12.9. The Morgan fingerprint density at radius 2 is 1.58 bits per heavy atom. The van der Waals surface area contributed by atoms with Crippen LogP contribution in [0.1, 0.15) is 59.3 Å². The Bertz CT molecular complexity index is 905. The Labute approximate surface area is 223 Å². The molecule has 2 amide bonds. The van der Waals surface area contributed by atoms with Gasteiger partial charge in [-0.1, -0.05) is 13.8 Å². The summed E-state index contributed by atoms with van der Waals surface area (Å²) in [5.74, 6) is -2.50. The fourth-order valence-corrected chi connectivity index (χ4v) is 6.10. The van der Waals surface area contributed by atoms with Crippen LogP contribution < -0.4 is 22.3 Å². The minimum Gasteiger partial charge on any atom is -0.480 e. The number of hydrogen-bond acceptors (Lipinski definition) is 7. The van der Waals surface area contributed by atoms with Crippen LogP contribution in [0.5, 0.6) is 0 Å². The maximum Gasteiger partial charge on any atom is 0.326 e. The summed E-state index contributed by atoms with van der Waals surface area (Å²) in [5.41, 5.74) is 15.3. The van der Waals surface area contributed by atoms with Gasteiger partial charge in [-0.3, -0.25) is 24.5 Å². The van der Waals surface area contributed by atoms with Crippen molar-refractivity contribution in [2.24, 2.45) is 22.2 Å². The van der Waals surface area contributed by atoms with E-state index in [9.17, 15) is 28.8 Å². The van der Waals surface area contributed by atoms with Crippen molar-refractivity contribution in [1.82, 2.24) is 14.9 Å². The quantitative estimate of drug-likeness (QED) is 0.0789. The summed E-state index contributed by atoms with van der Waals surface area (Å²) in [4.78, 5) is 53.9. The highest BCUT2D eigenvalue weighted by Crippen LogP contribution is 2.40. The first-order chi connectivity index (χ1) is 17.8. The van der Waals surface area contributed by atoms with Crippen molar-refractivity contribution in [3.8, 4) is 0 Å². The number of guanidine groups is 1. The lowest BCUT2D eigenvalue weighted by Crippen LogP contribution is -2.53. The van der Waals surface area contributed by atoms with Crippen molar-refractivity contribution < 1.29 is 34.0 Å². The summed E-state index contributed by atoms with van der Waals surface area (Å²) in [6.45, 7) is 6.64. The molecule has 2 fully saturated rings. The van der Waals surface area contributed by atoms with Gasteiger partial charge in [0.05, 0.1) is 6.04 Å². The molecule has 0 aromatic rings. The number of hydrogen-bond donors (Lipinski definition) is 6. The van der Waals surface area contributed by atoms with Gasteiger partial charge in [-0.25, -0.2) is 4.79 Å².